The lowest BCUT2D eigenvalue weighted by Crippen LogP contribution is -2.34. The molecule has 1 rings (SSSR count). The fraction of sp³-hybridized carbons (Fsp3) is 0.538. The Bertz CT molecular complexity index is 303. The van der Waals surface area contributed by atoms with Gasteiger partial charge in [-0.05, 0) is 37.3 Å². The summed E-state index contributed by atoms with van der Waals surface area (Å²) in [5.41, 5.74) is 0.613. The summed E-state index contributed by atoms with van der Waals surface area (Å²) in [6, 6.07) is 8.56. The molecule has 16 heavy (non-hydrogen) atoms. The largest absolute Gasteiger partial charge is 0.389 e. The molecule has 0 aliphatic carbocycles. The van der Waals surface area contributed by atoms with Gasteiger partial charge in [-0.2, -0.15) is 0 Å². The molecule has 0 radical (unpaired) electrons. The molecular formula is C13H21NOS. The third-order valence-electron chi connectivity index (χ3n) is 2.12. The summed E-state index contributed by atoms with van der Waals surface area (Å²) in [5, 5.41) is 12.8. The molecule has 3 heteroatoms. The molecule has 0 unspecified atom stereocenters. The van der Waals surface area contributed by atoms with Crippen LogP contribution >= 0.6 is 11.8 Å². The quantitative estimate of drug-likeness (QED) is 0.749. The van der Waals surface area contributed by atoms with Gasteiger partial charge in [-0.3, -0.25) is 0 Å². The molecule has 0 fully saturated rings. The number of hydrogen-bond acceptors (Lipinski definition) is 3. The standard InChI is InChI=1S/C13H21NOS/c1-4-16-12-7-5-11(6-8-12)9-14-10-13(2,3)15/h5-8,14-15H,4,9-10H2,1-3H3. The predicted molar refractivity (Wildman–Crippen MR) is 70.8 cm³/mol. The second kappa shape index (κ2) is 6.28. The van der Waals surface area contributed by atoms with Gasteiger partial charge in [0.15, 0.2) is 0 Å². The van der Waals surface area contributed by atoms with Crippen molar-refractivity contribution in [3.05, 3.63) is 29.8 Å². The van der Waals surface area contributed by atoms with Crippen LogP contribution < -0.4 is 5.32 Å². The van der Waals surface area contributed by atoms with Gasteiger partial charge in [-0.15, -0.1) is 11.8 Å². The van der Waals surface area contributed by atoms with Crippen LogP contribution in [0.2, 0.25) is 0 Å². The van der Waals surface area contributed by atoms with Gasteiger partial charge in [0, 0.05) is 18.0 Å². The Morgan fingerprint density at radius 2 is 1.88 bits per heavy atom. The lowest BCUT2D eigenvalue weighted by atomic mass is 10.1. The Labute approximate surface area is 102 Å². The van der Waals surface area contributed by atoms with Crippen molar-refractivity contribution < 1.29 is 5.11 Å². The second-order valence-electron chi connectivity index (χ2n) is 4.49. The molecule has 0 aliphatic rings. The van der Waals surface area contributed by atoms with Gasteiger partial charge in [0.25, 0.3) is 0 Å². The molecule has 0 aromatic heterocycles. The van der Waals surface area contributed by atoms with Gasteiger partial charge in [0.05, 0.1) is 5.60 Å². The summed E-state index contributed by atoms with van der Waals surface area (Å²) >= 11 is 1.85. The van der Waals surface area contributed by atoms with Gasteiger partial charge in [-0.25, -0.2) is 0 Å². The van der Waals surface area contributed by atoms with E-state index >= 15 is 0 Å². The first kappa shape index (κ1) is 13.6. The molecule has 90 valence electrons. The van der Waals surface area contributed by atoms with E-state index in [9.17, 15) is 5.11 Å². The van der Waals surface area contributed by atoms with E-state index in [1.54, 1.807) is 13.8 Å². The van der Waals surface area contributed by atoms with Crippen molar-refractivity contribution in [3.63, 3.8) is 0 Å². The Hall–Kier alpha value is -0.510. The average Bonchev–Trinajstić information content (AvgIpc) is 2.19. The van der Waals surface area contributed by atoms with Crippen molar-refractivity contribution >= 4 is 11.8 Å². The minimum absolute atomic E-state index is 0.610. The molecule has 0 heterocycles. The maximum atomic E-state index is 9.54. The number of thioether (sulfide) groups is 1. The van der Waals surface area contributed by atoms with E-state index in [-0.39, 0.29) is 0 Å². The molecule has 1 aromatic carbocycles. The van der Waals surface area contributed by atoms with Crippen molar-refractivity contribution in [2.75, 3.05) is 12.3 Å². The predicted octanol–water partition coefficient (Wildman–Crippen LogP) is 2.66. The Kier molecular flexibility index (Phi) is 5.32. The third kappa shape index (κ3) is 5.54. The Morgan fingerprint density at radius 3 is 2.38 bits per heavy atom. The maximum Gasteiger partial charge on any atom is 0.0715 e. The van der Waals surface area contributed by atoms with Crippen LogP contribution in [0.15, 0.2) is 29.2 Å². The zero-order valence-electron chi connectivity index (χ0n) is 10.3. The summed E-state index contributed by atoms with van der Waals surface area (Å²) in [7, 11) is 0. The van der Waals surface area contributed by atoms with Crippen LogP contribution in [0.5, 0.6) is 0 Å². The molecule has 0 amide bonds. The van der Waals surface area contributed by atoms with Gasteiger partial charge in [0.2, 0.25) is 0 Å². The molecule has 0 bridgehead atoms. The van der Waals surface area contributed by atoms with Crippen molar-refractivity contribution in [1.29, 1.82) is 0 Å². The van der Waals surface area contributed by atoms with Gasteiger partial charge < -0.3 is 10.4 Å². The Morgan fingerprint density at radius 1 is 1.25 bits per heavy atom. The molecule has 0 spiro atoms. The number of nitrogens with one attached hydrogen (secondary N) is 1. The third-order valence-corrected chi connectivity index (χ3v) is 3.02. The van der Waals surface area contributed by atoms with E-state index < -0.39 is 5.60 Å². The first-order valence-electron chi connectivity index (χ1n) is 5.66. The zero-order chi connectivity index (χ0) is 12.0. The molecular weight excluding hydrogens is 218 g/mol. The Balaban J connectivity index is 2.37. The van der Waals surface area contributed by atoms with E-state index in [1.165, 1.54) is 10.5 Å². The van der Waals surface area contributed by atoms with Crippen LogP contribution in [0, 0.1) is 0 Å². The minimum atomic E-state index is -0.641. The molecule has 1 aromatic rings. The molecule has 2 nitrogen and oxygen atoms in total. The highest BCUT2D eigenvalue weighted by Gasteiger charge is 2.10. The van der Waals surface area contributed by atoms with Crippen molar-refractivity contribution in [3.8, 4) is 0 Å². The smallest absolute Gasteiger partial charge is 0.0715 e. The molecule has 2 N–H and O–H groups in total. The lowest BCUT2D eigenvalue weighted by molar-refractivity contribution is 0.0795. The molecule has 0 saturated heterocycles. The van der Waals surface area contributed by atoms with E-state index in [0.29, 0.717) is 6.54 Å². The number of rotatable bonds is 6. The van der Waals surface area contributed by atoms with Crippen LogP contribution in [0.1, 0.15) is 26.3 Å². The summed E-state index contributed by atoms with van der Waals surface area (Å²) < 4.78 is 0. The van der Waals surface area contributed by atoms with Crippen molar-refractivity contribution in [2.45, 2.75) is 37.8 Å². The highest BCUT2D eigenvalue weighted by Crippen LogP contribution is 2.17. The van der Waals surface area contributed by atoms with Gasteiger partial charge in [-0.1, -0.05) is 19.1 Å². The maximum absolute atomic E-state index is 9.54. The van der Waals surface area contributed by atoms with Crippen LogP contribution in [0.25, 0.3) is 0 Å². The van der Waals surface area contributed by atoms with E-state index in [2.05, 4.69) is 36.5 Å². The highest BCUT2D eigenvalue weighted by atomic mass is 32.2. The highest BCUT2D eigenvalue weighted by molar-refractivity contribution is 7.99. The fourth-order valence-corrected chi connectivity index (χ4v) is 2.04. The van der Waals surface area contributed by atoms with E-state index in [1.807, 2.05) is 11.8 Å². The number of aliphatic hydroxyl groups is 1. The van der Waals surface area contributed by atoms with Gasteiger partial charge >= 0.3 is 0 Å². The lowest BCUT2D eigenvalue weighted by Gasteiger charge is -2.17. The summed E-state index contributed by atoms with van der Waals surface area (Å²) in [6.45, 7) is 7.19. The first-order chi connectivity index (χ1) is 7.51. The molecule has 0 saturated carbocycles. The van der Waals surface area contributed by atoms with E-state index in [0.717, 1.165) is 12.3 Å². The van der Waals surface area contributed by atoms with Crippen LogP contribution in [0.4, 0.5) is 0 Å². The first-order valence-corrected chi connectivity index (χ1v) is 6.64. The van der Waals surface area contributed by atoms with Gasteiger partial charge in [0.1, 0.15) is 0 Å². The number of hydrogen-bond donors (Lipinski definition) is 2. The fourth-order valence-electron chi connectivity index (χ4n) is 1.38. The normalized spacial score (nSPS) is 11.8. The van der Waals surface area contributed by atoms with Crippen molar-refractivity contribution in [2.24, 2.45) is 0 Å². The van der Waals surface area contributed by atoms with Crippen molar-refractivity contribution in [1.82, 2.24) is 5.32 Å². The van der Waals surface area contributed by atoms with Crippen LogP contribution in [-0.4, -0.2) is 23.0 Å². The van der Waals surface area contributed by atoms with Crippen LogP contribution in [0.3, 0.4) is 0 Å². The number of benzene rings is 1. The van der Waals surface area contributed by atoms with E-state index in [4.69, 9.17) is 0 Å². The van der Waals surface area contributed by atoms with Crippen LogP contribution in [-0.2, 0) is 6.54 Å². The summed E-state index contributed by atoms with van der Waals surface area (Å²) in [6.07, 6.45) is 0. The summed E-state index contributed by atoms with van der Waals surface area (Å²) in [5.74, 6) is 1.11. The monoisotopic (exact) mass is 239 g/mol. The topological polar surface area (TPSA) is 32.3 Å². The minimum Gasteiger partial charge on any atom is -0.389 e. The SMILES string of the molecule is CCSc1ccc(CNCC(C)(C)O)cc1. The zero-order valence-corrected chi connectivity index (χ0v) is 11.1. The summed E-state index contributed by atoms with van der Waals surface area (Å²) in [4.78, 5) is 1.31. The molecule has 0 atom stereocenters. The molecule has 0 aliphatic heterocycles. The second-order valence-corrected chi connectivity index (χ2v) is 5.83. The average molecular weight is 239 g/mol.